The van der Waals surface area contributed by atoms with Crippen LogP contribution in [0.15, 0.2) is 12.3 Å². The molecule has 2 amide bonds. The van der Waals surface area contributed by atoms with E-state index in [0.717, 1.165) is 22.8 Å². The maximum atomic E-state index is 12.3. The van der Waals surface area contributed by atoms with Gasteiger partial charge < -0.3 is 10.6 Å². The molecule has 0 unspecified atom stereocenters. The third-order valence-electron chi connectivity index (χ3n) is 3.51. The van der Waals surface area contributed by atoms with E-state index in [-0.39, 0.29) is 23.8 Å². The minimum atomic E-state index is -0.0919. The molecule has 1 saturated carbocycles. The van der Waals surface area contributed by atoms with E-state index < -0.39 is 0 Å². The average molecular weight is 422 g/mol. The van der Waals surface area contributed by atoms with Gasteiger partial charge in [-0.05, 0) is 47.9 Å². The number of pyridine rings is 1. The summed E-state index contributed by atoms with van der Waals surface area (Å²) in [6.07, 6.45) is 4.91. The minimum Gasteiger partial charge on any atom is -0.354 e. The molecule has 0 bridgehead atoms. The number of nitrogens with one attached hydrogen (secondary N) is 2. The largest absolute Gasteiger partial charge is 0.354 e. The van der Waals surface area contributed by atoms with Gasteiger partial charge in [0.25, 0.3) is 0 Å². The number of rotatable bonds is 3. The molecule has 0 spiro atoms. The molecular formula is C14H17ClIN3O2. The first-order valence-electron chi connectivity index (χ1n) is 6.84. The molecule has 2 rings (SSSR count). The van der Waals surface area contributed by atoms with E-state index in [4.69, 9.17) is 11.6 Å². The number of nitrogens with zero attached hydrogens (tertiary/aromatic N) is 1. The van der Waals surface area contributed by atoms with Crippen LogP contribution in [0.2, 0.25) is 5.02 Å². The Bertz CT molecular complexity index is 553. The highest BCUT2D eigenvalue weighted by atomic mass is 127. The third-order valence-corrected chi connectivity index (χ3v) is 5.02. The van der Waals surface area contributed by atoms with Gasteiger partial charge in [-0.1, -0.05) is 18.0 Å². The van der Waals surface area contributed by atoms with Gasteiger partial charge in [-0.15, -0.1) is 0 Å². The van der Waals surface area contributed by atoms with Crippen molar-refractivity contribution in [1.82, 2.24) is 10.3 Å². The molecule has 5 nitrogen and oxygen atoms in total. The summed E-state index contributed by atoms with van der Waals surface area (Å²) in [5, 5.41) is 6.29. The van der Waals surface area contributed by atoms with Gasteiger partial charge in [-0.3, -0.25) is 9.59 Å². The van der Waals surface area contributed by atoms with Crippen LogP contribution in [0.1, 0.15) is 32.6 Å². The van der Waals surface area contributed by atoms with Gasteiger partial charge in [0.15, 0.2) is 0 Å². The quantitative estimate of drug-likeness (QED) is 0.737. The SMILES string of the molecule is CC(=O)N[C@@H]1CCC[C@H](C(=O)Nc2cc(I)c(Cl)cn2)C1. The summed E-state index contributed by atoms with van der Waals surface area (Å²) in [6, 6.07) is 1.83. The molecule has 0 aliphatic heterocycles. The molecule has 1 aromatic heterocycles. The number of hydrogen-bond donors (Lipinski definition) is 2. The number of hydrogen-bond acceptors (Lipinski definition) is 3. The molecule has 0 radical (unpaired) electrons. The smallest absolute Gasteiger partial charge is 0.228 e. The highest BCUT2D eigenvalue weighted by Crippen LogP contribution is 2.26. The van der Waals surface area contributed by atoms with E-state index in [2.05, 4.69) is 38.2 Å². The molecular weight excluding hydrogens is 405 g/mol. The number of halogens is 2. The van der Waals surface area contributed by atoms with Crippen molar-refractivity contribution >= 4 is 51.8 Å². The van der Waals surface area contributed by atoms with Gasteiger partial charge in [0, 0.05) is 28.7 Å². The normalized spacial score (nSPS) is 21.7. The molecule has 2 N–H and O–H groups in total. The van der Waals surface area contributed by atoms with Crippen molar-refractivity contribution in [2.45, 2.75) is 38.6 Å². The van der Waals surface area contributed by atoms with Crippen LogP contribution in [-0.2, 0) is 9.59 Å². The van der Waals surface area contributed by atoms with Crippen molar-refractivity contribution in [1.29, 1.82) is 0 Å². The van der Waals surface area contributed by atoms with Crippen molar-refractivity contribution in [3.8, 4) is 0 Å². The highest BCUT2D eigenvalue weighted by Gasteiger charge is 2.27. The first-order valence-corrected chi connectivity index (χ1v) is 8.30. The van der Waals surface area contributed by atoms with Crippen LogP contribution < -0.4 is 10.6 Å². The van der Waals surface area contributed by atoms with Gasteiger partial charge in [0.2, 0.25) is 11.8 Å². The van der Waals surface area contributed by atoms with E-state index in [9.17, 15) is 9.59 Å². The molecule has 2 atom stereocenters. The summed E-state index contributed by atoms with van der Waals surface area (Å²) >= 11 is 8.01. The van der Waals surface area contributed by atoms with Gasteiger partial charge in [-0.25, -0.2) is 4.98 Å². The van der Waals surface area contributed by atoms with Crippen molar-refractivity contribution in [3.63, 3.8) is 0 Å². The lowest BCUT2D eigenvalue weighted by Gasteiger charge is -2.28. The Labute approximate surface area is 142 Å². The molecule has 21 heavy (non-hydrogen) atoms. The average Bonchev–Trinajstić information content (AvgIpc) is 2.42. The molecule has 1 aliphatic rings. The topological polar surface area (TPSA) is 71.1 Å². The molecule has 114 valence electrons. The number of carbonyl (C=O) groups excluding carboxylic acids is 2. The van der Waals surface area contributed by atoms with Crippen LogP contribution in [-0.4, -0.2) is 22.8 Å². The van der Waals surface area contributed by atoms with Gasteiger partial charge >= 0.3 is 0 Å². The zero-order valence-electron chi connectivity index (χ0n) is 11.7. The van der Waals surface area contributed by atoms with Crippen LogP contribution in [0, 0.1) is 9.49 Å². The van der Waals surface area contributed by atoms with Crippen LogP contribution in [0.4, 0.5) is 5.82 Å². The van der Waals surface area contributed by atoms with E-state index in [0.29, 0.717) is 17.3 Å². The second-order valence-corrected chi connectivity index (χ2v) is 6.80. The van der Waals surface area contributed by atoms with Gasteiger partial charge in [0.1, 0.15) is 5.82 Å². The van der Waals surface area contributed by atoms with E-state index in [1.807, 2.05) is 0 Å². The highest BCUT2D eigenvalue weighted by molar-refractivity contribution is 14.1. The summed E-state index contributed by atoms with van der Waals surface area (Å²) in [6.45, 7) is 1.50. The van der Waals surface area contributed by atoms with E-state index in [1.165, 1.54) is 13.1 Å². The lowest BCUT2D eigenvalue weighted by molar-refractivity contribution is -0.123. The summed E-state index contributed by atoms with van der Waals surface area (Å²) in [5.74, 6) is 0.326. The zero-order valence-corrected chi connectivity index (χ0v) is 14.6. The number of aromatic nitrogens is 1. The van der Waals surface area contributed by atoms with Gasteiger partial charge in [-0.2, -0.15) is 0 Å². The fraction of sp³-hybridized carbons (Fsp3) is 0.500. The number of carbonyl (C=O) groups is 2. The second-order valence-electron chi connectivity index (χ2n) is 5.23. The Kier molecular flexibility index (Phi) is 5.80. The summed E-state index contributed by atoms with van der Waals surface area (Å²) < 4.78 is 0.847. The first-order chi connectivity index (χ1) is 9.95. The van der Waals surface area contributed by atoms with Crippen molar-refractivity contribution < 1.29 is 9.59 Å². The molecule has 0 saturated heterocycles. The standard InChI is InChI=1S/C14H17ClIN3O2/c1-8(20)18-10-4-2-3-9(5-10)14(21)19-13-6-12(16)11(15)7-17-13/h6-7,9-10H,2-5H2,1H3,(H,18,20)(H,17,19,21)/t9-,10+/m0/s1. The van der Waals surface area contributed by atoms with Crippen molar-refractivity contribution in [3.05, 3.63) is 20.9 Å². The molecule has 1 aliphatic carbocycles. The lowest BCUT2D eigenvalue weighted by Crippen LogP contribution is -2.40. The fourth-order valence-electron chi connectivity index (χ4n) is 2.56. The Balaban J connectivity index is 1.96. The van der Waals surface area contributed by atoms with Crippen molar-refractivity contribution in [2.24, 2.45) is 5.92 Å². The number of amides is 2. The maximum Gasteiger partial charge on any atom is 0.228 e. The Hall–Kier alpha value is -0.890. The summed E-state index contributed by atoms with van der Waals surface area (Å²) in [5.41, 5.74) is 0. The first kappa shape index (κ1) is 16.5. The van der Waals surface area contributed by atoms with Crippen LogP contribution in [0.3, 0.4) is 0 Å². The van der Waals surface area contributed by atoms with Crippen LogP contribution in [0.5, 0.6) is 0 Å². The van der Waals surface area contributed by atoms with Crippen LogP contribution in [0.25, 0.3) is 0 Å². The number of anilines is 1. The van der Waals surface area contributed by atoms with Gasteiger partial charge in [0.05, 0.1) is 5.02 Å². The lowest BCUT2D eigenvalue weighted by atomic mass is 9.85. The second kappa shape index (κ2) is 7.40. The predicted octanol–water partition coefficient (Wildman–Crippen LogP) is 2.97. The summed E-state index contributed by atoms with van der Waals surface area (Å²) in [4.78, 5) is 27.5. The fourth-order valence-corrected chi connectivity index (χ4v) is 3.09. The van der Waals surface area contributed by atoms with E-state index >= 15 is 0 Å². The predicted molar refractivity (Wildman–Crippen MR) is 90.2 cm³/mol. The maximum absolute atomic E-state index is 12.3. The third kappa shape index (κ3) is 4.81. The Morgan fingerprint density at radius 3 is 2.86 bits per heavy atom. The monoisotopic (exact) mass is 421 g/mol. The minimum absolute atomic E-state index is 0.0457. The Morgan fingerprint density at radius 2 is 2.19 bits per heavy atom. The van der Waals surface area contributed by atoms with Crippen molar-refractivity contribution in [2.75, 3.05) is 5.32 Å². The zero-order chi connectivity index (χ0) is 15.4. The molecule has 1 heterocycles. The summed E-state index contributed by atoms with van der Waals surface area (Å²) in [7, 11) is 0. The molecule has 1 fully saturated rings. The molecule has 0 aromatic carbocycles. The Morgan fingerprint density at radius 1 is 1.43 bits per heavy atom. The van der Waals surface area contributed by atoms with E-state index in [1.54, 1.807) is 6.07 Å². The molecule has 1 aromatic rings. The van der Waals surface area contributed by atoms with Crippen LogP contribution >= 0.6 is 34.2 Å². The molecule has 7 heteroatoms.